The Balaban J connectivity index is 1.27. The fourth-order valence-corrected chi connectivity index (χ4v) is 3.70. The molecule has 1 unspecified atom stereocenters. The summed E-state index contributed by atoms with van der Waals surface area (Å²) >= 11 is 0. The third kappa shape index (κ3) is 5.51. The van der Waals surface area contributed by atoms with Crippen LogP contribution in [-0.4, -0.2) is 46.2 Å². The zero-order chi connectivity index (χ0) is 21.5. The maximum absolute atomic E-state index is 12.8. The number of carbonyl (C=O) groups is 2. The minimum absolute atomic E-state index is 0.0188. The number of likely N-dealkylation sites (tertiary alicyclic amines) is 1. The van der Waals surface area contributed by atoms with Crippen LogP contribution in [-0.2, 0) is 9.59 Å². The number of carbonyl (C=O) groups excluding carboxylic acids is 2. The van der Waals surface area contributed by atoms with E-state index in [9.17, 15) is 9.59 Å². The first-order chi connectivity index (χ1) is 15.2. The molecule has 2 heterocycles. The lowest BCUT2D eigenvalue weighted by molar-refractivity contribution is -0.135. The Kier molecular flexibility index (Phi) is 6.62. The van der Waals surface area contributed by atoms with Gasteiger partial charge in [0.15, 0.2) is 0 Å². The molecule has 0 radical (unpaired) electrons. The molecular weight excluding hydrogens is 392 g/mol. The van der Waals surface area contributed by atoms with Crippen molar-refractivity contribution in [2.75, 3.05) is 25.0 Å². The van der Waals surface area contributed by atoms with Crippen LogP contribution in [0.1, 0.15) is 19.3 Å². The van der Waals surface area contributed by atoms with Gasteiger partial charge in [-0.3, -0.25) is 9.59 Å². The van der Waals surface area contributed by atoms with Gasteiger partial charge in [-0.1, -0.05) is 36.4 Å². The molecule has 1 fully saturated rings. The van der Waals surface area contributed by atoms with Crippen molar-refractivity contribution in [2.24, 2.45) is 5.92 Å². The Morgan fingerprint density at radius 2 is 1.81 bits per heavy atom. The highest BCUT2D eigenvalue weighted by atomic mass is 16.5. The second-order valence-corrected chi connectivity index (χ2v) is 7.59. The number of nitrogens with one attached hydrogen (secondary N) is 1. The Labute approximate surface area is 181 Å². The molecule has 0 saturated carbocycles. The van der Waals surface area contributed by atoms with E-state index in [1.165, 1.54) is 0 Å². The summed E-state index contributed by atoms with van der Waals surface area (Å²) < 4.78 is 7.34. The van der Waals surface area contributed by atoms with Crippen molar-refractivity contribution in [3.8, 4) is 11.4 Å². The predicted octanol–water partition coefficient (Wildman–Crippen LogP) is 3.52. The van der Waals surface area contributed by atoms with Gasteiger partial charge in [-0.05, 0) is 37.1 Å². The second-order valence-electron chi connectivity index (χ2n) is 7.59. The van der Waals surface area contributed by atoms with E-state index in [0.29, 0.717) is 31.8 Å². The van der Waals surface area contributed by atoms with Crippen LogP contribution in [0, 0.1) is 5.92 Å². The van der Waals surface area contributed by atoms with Gasteiger partial charge in [-0.2, -0.15) is 5.10 Å². The number of aromatic nitrogens is 2. The Bertz CT molecular complexity index is 1000. The van der Waals surface area contributed by atoms with Crippen molar-refractivity contribution < 1.29 is 14.3 Å². The van der Waals surface area contributed by atoms with Crippen molar-refractivity contribution in [3.05, 3.63) is 73.1 Å². The van der Waals surface area contributed by atoms with E-state index < -0.39 is 0 Å². The second kappa shape index (κ2) is 9.93. The fraction of sp³-hybridized carbons (Fsp3) is 0.292. The normalized spacial score (nSPS) is 16.0. The monoisotopic (exact) mass is 418 g/mol. The number of anilines is 1. The molecule has 1 saturated heterocycles. The molecule has 0 aliphatic carbocycles. The third-order valence-corrected chi connectivity index (χ3v) is 5.34. The quantitative estimate of drug-likeness (QED) is 0.637. The number of ether oxygens (including phenoxy) is 1. The molecule has 1 aliphatic heterocycles. The lowest BCUT2D eigenvalue weighted by Crippen LogP contribution is -2.44. The molecule has 1 aliphatic rings. The highest BCUT2D eigenvalue weighted by Gasteiger charge is 2.28. The molecule has 4 rings (SSSR count). The Morgan fingerprint density at radius 3 is 2.58 bits per heavy atom. The molecule has 7 nitrogen and oxygen atoms in total. The number of nitrogens with zero attached hydrogens (tertiary/aromatic N) is 3. The maximum atomic E-state index is 12.8. The molecule has 31 heavy (non-hydrogen) atoms. The van der Waals surface area contributed by atoms with Gasteiger partial charge in [-0.25, -0.2) is 4.68 Å². The largest absolute Gasteiger partial charge is 0.493 e. The average Bonchev–Trinajstić information content (AvgIpc) is 3.29. The van der Waals surface area contributed by atoms with Crippen LogP contribution in [0.3, 0.4) is 0 Å². The summed E-state index contributed by atoms with van der Waals surface area (Å²) in [5, 5.41) is 7.25. The predicted molar refractivity (Wildman–Crippen MR) is 118 cm³/mol. The van der Waals surface area contributed by atoms with Gasteiger partial charge < -0.3 is 15.0 Å². The molecule has 1 aromatic heterocycles. The molecule has 2 aromatic carbocycles. The van der Waals surface area contributed by atoms with Crippen molar-refractivity contribution in [3.63, 3.8) is 0 Å². The molecule has 0 bridgehead atoms. The lowest BCUT2D eigenvalue weighted by Gasteiger charge is -2.32. The topological polar surface area (TPSA) is 76.5 Å². The number of benzene rings is 2. The molecule has 1 N–H and O–H groups in total. The molecule has 160 valence electrons. The average molecular weight is 418 g/mol. The lowest BCUT2D eigenvalue weighted by atomic mass is 9.97. The summed E-state index contributed by atoms with van der Waals surface area (Å²) in [7, 11) is 0. The van der Waals surface area contributed by atoms with E-state index in [0.717, 1.165) is 24.3 Å². The van der Waals surface area contributed by atoms with Crippen LogP contribution in [0.15, 0.2) is 73.1 Å². The van der Waals surface area contributed by atoms with Crippen molar-refractivity contribution in [1.82, 2.24) is 14.7 Å². The number of para-hydroxylation sites is 2. The summed E-state index contributed by atoms with van der Waals surface area (Å²) in [5.41, 5.74) is 1.57. The summed E-state index contributed by atoms with van der Waals surface area (Å²) in [6.07, 6.45) is 5.31. The molecule has 7 heteroatoms. The minimum atomic E-state index is -0.229. The van der Waals surface area contributed by atoms with Crippen LogP contribution < -0.4 is 10.1 Å². The third-order valence-electron chi connectivity index (χ3n) is 5.34. The van der Waals surface area contributed by atoms with Crippen LogP contribution >= 0.6 is 0 Å². The van der Waals surface area contributed by atoms with E-state index >= 15 is 0 Å². The number of hydrogen-bond acceptors (Lipinski definition) is 4. The van der Waals surface area contributed by atoms with Gasteiger partial charge in [-0.15, -0.1) is 0 Å². The van der Waals surface area contributed by atoms with E-state index in [1.807, 2.05) is 60.7 Å². The SMILES string of the molecule is O=C(Nc1cnn(-c2ccccc2)c1)C1CCCN(C(=O)CCOc2ccccc2)C1. The van der Waals surface area contributed by atoms with E-state index in [-0.39, 0.29) is 17.7 Å². The number of hydrogen-bond donors (Lipinski definition) is 1. The minimum Gasteiger partial charge on any atom is -0.493 e. The first kappa shape index (κ1) is 20.7. The number of amides is 2. The molecule has 0 spiro atoms. The van der Waals surface area contributed by atoms with Crippen LogP contribution in [0.5, 0.6) is 5.75 Å². The van der Waals surface area contributed by atoms with Gasteiger partial charge >= 0.3 is 0 Å². The van der Waals surface area contributed by atoms with Gasteiger partial charge in [0.05, 0.1) is 42.7 Å². The fourth-order valence-electron chi connectivity index (χ4n) is 3.70. The number of piperidine rings is 1. The van der Waals surface area contributed by atoms with Gasteiger partial charge in [0.1, 0.15) is 5.75 Å². The van der Waals surface area contributed by atoms with E-state index in [1.54, 1.807) is 22.0 Å². The summed E-state index contributed by atoms with van der Waals surface area (Å²) in [4.78, 5) is 27.1. The summed E-state index contributed by atoms with van der Waals surface area (Å²) in [5.74, 6) is 0.464. The van der Waals surface area contributed by atoms with Gasteiger partial charge in [0.2, 0.25) is 11.8 Å². The molecule has 1 atom stereocenters. The van der Waals surface area contributed by atoms with E-state index in [4.69, 9.17) is 4.74 Å². The molecular formula is C24H26N4O3. The van der Waals surface area contributed by atoms with Gasteiger partial charge in [0, 0.05) is 13.1 Å². The highest BCUT2D eigenvalue weighted by Crippen LogP contribution is 2.20. The first-order valence-electron chi connectivity index (χ1n) is 10.6. The molecule has 3 aromatic rings. The zero-order valence-electron chi connectivity index (χ0n) is 17.3. The highest BCUT2D eigenvalue weighted by molar-refractivity contribution is 5.93. The summed E-state index contributed by atoms with van der Waals surface area (Å²) in [6.45, 7) is 1.44. The number of rotatable bonds is 7. The standard InChI is InChI=1S/C24H26N4O3/c29-23(13-15-31-22-11-5-2-6-12-22)27-14-7-8-19(17-27)24(30)26-20-16-25-28(18-20)21-9-3-1-4-10-21/h1-6,9-12,16,18-19H,7-8,13-15,17H2,(H,26,30). The van der Waals surface area contributed by atoms with Crippen molar-refractivity contribution >= 4 is 17.5 Å². The van der Waals surface area contributed by atoms with Crippen molar-refractivity contribution in [2.45, 2.75) is 19.3 Å². The van der Waals surface area contributed by atoms with Gasteiger partial charge in [0.25, 0.3) is 0 Å². The Morgan fingerprint density at radius 1 is 1.06 bits per heavy atom. The Hall–Kier alpha value is -3.61. The van der Waals surface area contributed by atoms with Crippen LogP contribution in [0.2, 0.25) is 0 Å². The first-order valence-corrected chi connectivity index (χ1v) is 10.6. The van der Waals surface area contributed by atoms with Crippen LogP contribution in [0.4, 0.5) is 5.69 Å². The van der Waals surface area contributed by atoms with Crippen molar-refractivity contribution in [1.29, 1.82) is 0 Å². The zero-order valence-corrected chi connectivity index (χ0v) is 17.3. The maximum Gasteiger partial charge on any atom is 0.229 e. The smallest absolute Gasteiger partial charge is 0.229 e. The van der Waals surface area contributed by atoms with E-state index in [2.05, 4.69) is 10.4 Å². The van der Waals surface area contributed by atoms with Crippen LogP contribution in [0.25, 0.3) is 5.69 Å². The summed E-state index contributed by atoms with van der Waals surface area (Å²) in [6, 6.07) is 19.2. The molecule has 2 amide bonds.